The van der Waals surface area contributed by atoms with E-state index >= 15 is 0 Å². The Balaban J connectivity index is 1.37. The molecule has 0 unspecified atom stereocenters. The highest BCUT2D eigenvalue weighted by molar-refractivity contribution is 7.15. The average molecular weight is 424 g/mol. The van der Waals surface area contributed by atoms with Crippen LogP contribution in [0.15, 0.2) is 48.5 Å². The lowest BCUT2D eigenvalue weighted by atomic mass is 10.1. The van der Waals surface area contributed by atoms with Gasteiger partial charge >= 0.3 is 0 Å². The van der Waals surface area contributed by atoms with E-state index in [2.05, 4.69) is 39.5 Å². The molecule has 6 nitrogen and oxygen atoms in total. The molecular formula is C23H25N3O3S. The first kappa shape index (κ1) is 20.4. The third-order valence-corrected chi connectivity index (χ3v) is 6.12. The highest BCUT2D eigenvalue weighted by atomic mass is 32.1. The minimum atomic E-state index is -0.0885. The molecule has 0 aliphatic carbocycles. The van der Waals surface area contributed by atoms with E-state index in [4.69, 9.17) is 9.47 Å². The summed E-state index contributed by atoms with van der Waals surface area (Å²) >= 11 is 1.57. The van der Waals surface area contributed by atoms with Crippen molar-refractivity contribution in [1.82, 2.24) is 9.88 Å². The van der Waals surface area contributed by atoms with Crippen molar-refractivity contribution in [3.8, 4) is 11.5 Å². The summed E-state index contributed by atoms with van der Waals surface area (Å²) in [6.45, 7) is 2.78. The molecule has 0 fully saturated rings. The van der Waals surface area contributed by atoms with Gasteiger partial charge in [-0.15, -0.1) is 11.3 Å². The standard InChI is InChI=1S/C23H25N3O3S/c1-28-19-9-8-17(12-20(19)29-2)13-22(27)25-23-24-18-10-11-26(15-21(18)30-23)14-16-6-4-3-5-7-16/h3-9,12H,10-11,13-15H2,1-2H3,(H,24,25,27). The second kappa shape index (κ2) is 9.28. The van der Waals surface area contributed by atoms with Crippen molar-refractivity contribution in [3.63, 3.8) is 0 Å². The van der Waals surface area contributed by atoms with Gasteiger partial charge in [0.1, 0.15) is 0 Å². The minimum absolute atomic E-state index is 0.0885. The van der Waals surface area contributed by atoms with E-state index in [-0.39, 0.29) is 12.3 Å². The lowest BCUT2D eigenvalue weighted by Crippen LogP contribution is -2.29. The highest BCUT2D eigenvalue weighted by Crippen LogP contribution is 2.30. The molecule has 1 aromatic heterocycles. The molecule has 1 amide bonds. The van der Waals surface area contributed by atoms with Crippen LogP contribution in [0.1, 0.15) is 21.7 Å². The number of anilines is 1. The van der Waals surface area contributed by atoms with Crippen LogP contribution in [-0.2, 0) is 30.7 Å². The van der Waals surface area contributed by atoms with Gasteiger partial charge in [0, 0.05) is 30.9 Å². The monoisotopic (exact) mass is 423 g/mol. The number of thiazole rings is 1. The third kappa shape index (κ3) is 4.80. The van der Waals surface area contributed by atoms with E-state index in [1.165, 1.54) is 10.4 Å². The summed E-state index contributed by atoms with van der Waals surface area (Å²) in [6, 6.07) is 16.0. The summed E-state index contributed by atoms with van der Waals surface area (Å²) in [5.41, 5.74) is 3.28. The van der Waals surface area contributed by atoms with Gasteiger partial charge in [-0.1, -0.05) is 36.4 Å². The van der Waals surface area contributed by atoms with Crippen molar-refractivity contribution >= 4 is 22.4 Å². The van der Waals surface area contributed by atoms with Crippen molar-refractivity contribution in [3.05, 3.63) is 70.2 Å². The van der Waals surface area contributed by atoms with Crippen LogP contribution < -0.4 is 14.8 Å². The third-order valence-electron chi connectivity index (χ3n) is 5.12. The van der Waals surface area contributed by atoms with Gasteiger partial charge in [-0.05, 0) is 23.3 Å². The molecule has 7 heteroatoms. The van der Waals surface area contributed by atoms with Crippen LogP contribution in [0.2, 0.25) is 0 Å². The number of nitrogens with one attached hydrogen (secondary N) is 1. The smallest absolute Gasteiger partial charge is 0.230 e. The Hall–Kier alpha value is -2.90. The summed E-state index contributed by atoms with van der Waals surface area (Å²) in [5, 5.41) is 3.63. The van der Waals surface area contributed by atoms with Crippen LogP contribution in [0, 0.1) is 0 Å². The molecule has 3 aromatic rings. The number of rotatable bonds is 7. The summed E-state index contributed by atoms with van der Waals surface area (Å²) in [5.74, 6) is 1.18. The molecule has 0 spiro atoms. The molecule has 1 aliphatic heterocycles. The Kier molecular flexibility index (Phi) is 6.30. The molecule has 30 heavy (non-hydrogen) atoms. The Labute approximate surface area is 180 Å². The SMILES string of the molecule is COc1ccc(CC(=O)Nc2nc3c(s2)CN(Cc2ccccc2)CC3)cc1OC. The Bertz CT molecular complexity index is 1020. The number of amides is 1. The van der Waals surface area contributed by atoms with Crippen LogP contribution >= 0.6 is 11.3 Å². The molecule has 0 bridgehead atoms. The number of aromatic nitrogens is 1. The van der Waals surface area contributed by atoms with E-state index in [0.717, 1.165) is 37.3 Å². The molecule has 2 heterocycles. The van der Waals surface area contributed by atoms with Gasteiger partial charge in [0.25, 0.3) is 0 Å². The first-order valence-electron chi connectivity index (χ1n) is 9.90. The largest absolute Gasteiger partial charge is 0.493 e. The second-order valence-electron chi connectivity index (χ2n) is 7.25. The summed E-state index contributed by atoms with van der Waals surface area (Å²) in [4.78, 5) is 20.8. The molecule has 4 rings (SSSR count). The van der Waals surface area contributed by atoms with Crippen LogP contribution in [0.5, 0.6) is 11.5 Å². The van der Waals surface area contributed by atoms with E-state index < -0.39 is 0 Å². The van der Waals surface area contributed by atoms with Crippen molar-refractivity contribution in [1.29, 1.82) is 0 Å². The van der Waals surface area contributed by atoms with E-state index in [1.807, 2.05) is 24.3 Å². The fraction of sp³-hybridized carbons (Fsp3) is 0.304. The van der Waals surface area contributed by atoms with Gasteiger partial charge in [-0.25, -0.2) is 4.98 Å². The lowest BCUT2D eigenvalue weighted by Gasteiger charge is -2.25. The number of benzene rings is 2. The fourth-order valence-corrected chi connectivity index (χ4v) is 4.68. The maximum Gasteiger partial charge on any atom is 0.230 e. The van der Waals surface area contributed by atoms with Crippen LogP contribution in [0.3, 0.4) is 0 Å². The Morgan fingerprint density at radius 3 is 2.67 bits per heavy atom. The van der Waals surface area contributed by atoms with Gasteiger partial charge in [0.05, 0.1) is 26.3 Å². The Morgan fingerprint density at radius 2 is 1.90 bits per heavy atom. The maximum absolute atomic E-state index is 12.5. The molecule has 0 saturated heterocycles. The number of nitrogens with zero attached hydrogens (tertiary/aromatic N) is 2. The number of carbonyl (C=O) groups excluding carboxylic acids is 1. The first-order valence-corrected chi connectivity index (χ1v) is 10.7. The molecule has 0 radical (unpaired) electrons. The number of methoxy groups -OCH3 is 2. The molecule has 1 aliphatic rings. The number of hydrogen-bond acceptors (Lipinski definition) is 6. The molecule has 0 saturated carbocycles. The summed E-state index contributed by atoms with van der Waals surface area (Å²) in [6.07, 6.45) is 1.16. The van der Waals surface area contributed by atoms with Crippen LogP contribution in [0.4, 0.5) is 5.13 Å². The van der Waals surface area contributed by atoms with Crippen molar-refractivity contribution in [2.75, 3.05) is 26.1 Å². The quantitative estimate of drug-likeness (QED) is 0.624. The van der Waals surface area contributed by atoms with Crippen molar-refractivity contribution in [2.24, 2.45) is 0 Å². The van der Waals surface area contributed by atoms with E-state index in [0.29, 0.717) is 16.6 Å². The highest BCUT2D eigenvalue weighted by Gasteiger charge is 2.21. The van der Waals surface area contributed by atoms with Gasteiger partial charge in [0.2, 0.25) is 5.91 Å². The number of carbonyl (C=O) groups is 1. The lowest BCUT2D eigenvalue weighted by molar-refractivity contribution is -0.115. The second-order valence-corrected chi connectivity index (χ2v) is 8.33. The number of fused-ring (bicyclic) bond motifs is 1. The van der Waals surface area contributed by atoms with Gasteiger partial charge in [-0.3, -0.25) is 9.69 Å². The maximum atomic E-state index is 12.5. The first-order chi connectivity index (χ1) is 14.6. The van der Waals surface area contributed by atoms with E-state index in [9.17, 15) is 4.79 Å². The number of ether oxygens (including phenoxy) is 2. The fourth-order valence-electron chi connectivity index (χ4n) is 3.62. The zero-order chi connectivity index (χ0) is 20.9. The van der Waals surface area contributed by atoms with E-state index in [1.54, 1.807) is 25.6 Å². The van der Waals surface area contributed by atoms with Gasteiger partial charge in [0.15, 0.2) is 16.6 Å². The molecule has 1 N–H and O–H groups in total. The zero-order valence-corrected chi connectivity index (χ0v) is 18.0. The van der Waals surface area contributed by atoms with Crippen LogP contribution in [0.25, 0.3) is 0 Å². The predicted octanol–water partition coefficient (Wildman–Crippen LogP) is 3.90. The molecule has 2 aromatic carbocycles. The van der Waals surface area contributed by atoms with Crippen molar-refractivity contribution < 1.29 is 14.3 Å². The van der Waals surface area contributed by atoms with Crippen molar-refractivity contribution in [2.45, 2.75) is 25.9 Å². The Morgan fingerprint density at radius 1 is 1.10 bits per heavy atom. The number of hydrogen-bond donors (Lipinski definition) is 1. The molecule has 156 valence electrons. The zero-order valence-electron chi connectivity index (χ0n) is 17.2. The summed E-state index contributed by atoms with van der Waals surface area (Å²) in [7, 11) is 3.18. The molecule has 0 atom stereocenters. The predicted molar refractivity (Wildman–Crippen MR) is 118 cm³/mol. The average Bonchev–Trinajstić information content (AvgIpc) is 3.15. The van der Waals surface area contributed by atoms with Crippen LogP contribution in [-0.4, -0.2) is 36.6 Å². The summed E-state index contributed by atoms with van der Waals surface area (Å²) < 4.78 is 10.6. The topological polar surface area (TPSA) is 63.7 Å². The minimum Gasteiger partial charge on any atom is -0.493 e. The van der Waals surface area contributed by atoms with Gasteiger partial charge < -0.3 is 14.8 Å². The molecular weight excluding hydrogens is 398 g/mol. The normalized spacial score (nSPS) is 13.5. The van der Waals surface area contributed by atoms with Gasteiger partial charge in [-0.2, -0.15) is 0 Å².